The average molecular weight is 405 g/mol. The summed E-state index contributed by atoms with van der Waals surface area (Å²) in [6, 6.07) is 15.0. The summed E-state index contributed by atoms with van der Waals surface area (Å²) in [5.74, 6) is 0.360. The van der Waals surface area contributed by atoms with Crippen LogP contribution in [0.4, 0.5) is 4.39 Å². The Hall–Kier alpha value is -2.45. The normalized spacial score (nSPS) is 15.9. The maximum absolute atomic E-state index is 13.5. The summed E-state index contributed by atoms with van der Waals surface area (Å²) in [6.45, 7) is 1.26. The minimum absolute atomic E-state index is 0.0609. The number of aliphatic imine (C=N–C) groups is 1. The maximum Gasteiger partial charge on any atom is 0.240 e. The third kappa shape index (κ3) is 5.08. The minimum Gasteiger partial charge on any atom is -0.356 e. The monoisotopic (exact) mass is 404 g/mol. The second-order valence-corrected chi connectivity index (χ2v) is 8.62. The van der Waals surface area contributed by atoms with Gasteiger partial charge in [0, 0.05) is 32.1 Å². The standard InChI is InChI=1S/C20H25FN4O2S/c1-22-19(23-12-13-25-28(26,27)18-8-3-2-4-9-18)24-15-20(10-11-20)16-6-5-7-17(21)14-16/h2-9,14,25H,10-13,15H2,1H3,(H2,22,23,24). The molecule has 28 heavy (non-hydrogen) atoms. The molecule has 1 saturated carbocycles. The molecule has 1 fully saturated rings. The summed E-state index contributed by atoms with van der Waals surface area (Å²) in [5, 5.41) is 6.35. The van der Waals surface area contributed by atoms with E-state index in [1.807, 2.05) is 6.07 Å². The van der Waals surface area contributed by atoms with Crippen LogP contribution in [-0.4, -0.2) is 41.1 Å². The molecule has 8 heteroatoms. The number of nitrogens with zero attached hydrogens (tertiary/aromatic N) is 1. The van der Waals surface area contributed by atoms with Crippen molar-refractivity contribution in [3.8, 4) is 0 Å². The van der Waals surface area contributed by atoms with Gasteiger partial charge in [-0.2, -0.15) is 0 Å². The SMILES string of the molecule is CN=C(NCCNS(=O)(=O)c1ccccc1)NCC1(c2cccc(F)c2)CC1. The molecular weight excluding hydrogens is 379 g/mol. The van der Waals surface area contributed by atoms with Crippen molar-refractivity contribution >= 4 is 16.0 Å². The van der Waals surface area contributed by atoms with E-state index in [1.165, 1.54) is 6.07 Å². The van der Waals surface area contributed by atoms with Crippen LogP contribution in [0.25, 0.3) is 0 Å². The molecule has 0 heterocycles. The first-order chi connectivity index (χ1) is 13.5. The van der Waals surface area contributed by atoms with E-state index in [-0.39, 0.29) is 22.7 Å². The van der Waals surface area contributed by atoms with Gasteiger partial charge in [0.1, 0.15) is 5.82 Å². The van der Waals surface area contributed by atoms with Gasteiger partial charge in [0.2, 0.25) is 10.0 Å². The Morgan fingerprint density at radius 2 is 1.82 bits per heavy atom. The molecule has 0 bridgehead atoms. The van der Waals surface area contributed by atoms with Crippen molar-refractivity contribution in [1.82, 2.24) is 15.4 Å². The number of benzene rings is 2. The molecule has 0 amide bonds. The van der Waals surface area contributed by atoms with E-state index >= 15 is 0 Å². The summed E-state index contributed by atoms with van der Waals surface area (Å²) in [4.78, 5) is 4.40. The van der Waals surface area contributed by atoms with E-state index in [0.29, 0.717) is 19.0 Å². The first-order valence-corrected chi connectivity index (χ1v) is 10.7. The highest BCUT2D eigenvalue weighted by Crippen LogP contribution is 2.47. The number of halogens is 1. The molecular formula is C20H25FN4O2S. The molecule has 150 valence electrons. The van der Waals surface area contributed by atoms with Crippen LogP contribution in [0, 0.1) is 5.82 Å². The lowest BCUT2D eigenvalue weighted by atomic mass is 9.96. The van der Waals surface area contributed by atoms with E-state index in [1.54, 1.807) is 49.5 Å². The van der Waals surface area contributed by atoms with Gasteiger partial charge in [-0.1, -0.05) is 30.3 Å². The molecule has 2 aromatic rings. The maximum atomic E-state index is 13.5. The van der Waals surface area contributed by atoms with Gasteiger partial charge in [-0.15, -0.1) is 0 Å². The van der Waals surface area contributed by atoms with Gasteiger partial charge in [-0.25, -0.2) is 17.5 Å². The fourth-order valence-electron chi connectivity index (χ4n) is 3.06. The second kappa shape index (κ2) is 8.70. The van der Waals surface area contributed by atoms with Crippen LogP contribution >= 0.6 is 0 Å². The molecule has 3 rings (SSSR count). The van der Waals surface area contributed by atoms with Crippen molar-refractivity contribution in [3.63, 3.8) is 0 Å². The lowest BCUT2D eigenvalue weighted by Gasteiger charge is -2.19. The topological polar surface area (TPSA) is 82.6 Å². The third-order valence-electron chi connectivity index (χ3n) is 4.87. The molecule has 2 aromatic carbocycles. The third-order valence-corrected chi connectivity index (χ3v) is 6.35. The second-order valence-electron chi connectivity index (χ2n) is 6.85. The summed E-state index contributed by atoms with van der Waals surface area (Å²) in [7, 11) is -1.86. The molecule has 6 nitrogen and oxygen atoms in total. The molecule has 0 atom stereocenters. The van der Waals surface area contributed by atoms with Crippen molar-refractivity contribution in [3.05, 3.63) is 66.0 Å². The van der Waals surface area contributed by atoms with Gasteiger partial charge in [-0.3, -0.25) is 4.99 Å². The summed E-state index contributed by atoms with van der Waals surface area (Å²) < 4.78 is 40.4. The van der Waals surface area contributed by atoms with Crippen LogP contribution in [0.2, 0.25) is 0 Å². The van der Waals surface area contributed by atoms with Crippen LogP contribution in [-0.2, 0) is 15.4 Å². The molecule has 3 N–H and O–H groups in total. The van der Waals surface area contributed by atoms with E-state index in [2.05, 4.69) is 20.3 Å². The van der Waals surface area contributed by atoms with Gasteiger partial charge in [0.15, 0.2) is 5.96 Å². The molecule has 0 saturated heterocycles. The van der Waals surface area contributed by atoms with Crippen molar-refractivity contribution in [2.75, 3.05) is 26.7 Å². The quantitative estimate of drug-likeness (QED) is 0.357. The van der Waals surface area contributed by atoms with Gasteiger partial charge in [0.05, 0.1) is 4.90 Å². The van der Waals surface area contributed by atoms with Gasteiger partial charge in [0.25, 0.3) is 0 Å². The van der Waals surface area contributed by atoms with E-state index in [4.69, 9.17) is 0 Å². The Balaban J connectivity index is 1.46. The van der Waals surface area contributed by atoms with Crippen LogP contribution in [0.3, 0.4) is 0 Å². The Bertz CT molecular complexity index is 928. The van der Waals surface area contributed by atoms with Gasteiger partial charge in [-0.05, 0) is 42.7 Å². The number of nitrogens with one attached hydrogen (secondary N) is 3. The largest absolute Gasteiger partial charge is 0.356 e. The number of sulfonamides is 1. The zero-order chi connectivity index (χ0) is 20.0. The summed E-state index contributed by atoms with van der Waals surface area (Å²) in [6.07, 6.45) is 1.99. The zero-order valence-electron chi connectivity index (χ0n) is 15.8. The first kappa shape index (κ1) is 20.3. The molecule has 0 unspecified atom stereocenters. The van der Waals surface area contributed by atoms with Gasteiger partial charge < -0.3 is 10.6 Å². The molecule has 0 aliphatic heterocycles. The van der Waals surface area contributed by atoms with E-state index in [9.17, 15) is 12.8 Å². The lowest BCUT2D eigenvalue weighted by Crippen LogP contribution is -2.44. The number of hydrogen-bond acceptors (Lipinski definition) is 3. The number of guanidine groups is 1. The molecule has 1 aliphatic rings. The first-order valence-electron chi connectivity index (χ1n) is 9.20. The van der Waals surface area contributed by atoms with E-state index in [0.717, 1.165) is 18.4 Å². The summed E-state index contributed by atoms with van der Waals surface area (Å²) >= 11 is 0. The van der Waals surface area contributed by atoms with Crippen LogP contribution < -0.4 is 15.4 Å². The van der Waals surface area contributed by atoms with Crippen LogP contribution in [0.1, 0.15) is 18.4 Å². The molecule has 1 aliphatic carbocycles. The fourth-order valence-corrected chi connectivity index (χ4v) is 4.11. The van der Waals surface area contributed by atoms with Crippen molar-refractivity contribution in [2.45, 2.75) is 23.2 Å². The molecule has 0 spiro atoms. The predicted octanol–water partition coefficient (Wildman–Crippen LogP) is 2.00. The highest BCUT2D eigenvalue weighted by Gasteiger charge is 2.44. The highest BCUT2D eigenvalue weighted by molar-refractivity contribution is 7.89. The van der Waals surface area contributed by atoms with Crippen LogP contribution in [0.15, 0.2) is 64.5 Å². The highest BCUT2D eigenvalue weighted by atomic mass is 32.2. The van der Waals surface area contributed by atoms with E-state index < -0.39 is 10.0 Å². The Kier molecular flexibility index (Phi) is 6.31. The van der Waals surface area contributed by atoms with Crippen LogP contribution in [0.5, 0.6) is 0 Å². The lowest BCUT2D eigenvalue weighted by molar-refractivity contribution is 0.580. The Morgan fingerprint density at radius 3 is 2.46 bits per heavy atom. The number of hydrogen-bond donors (Lipinski definition) is 3. The van der Waals surface area contributed by atoms with Gasteiger partial charge >= 0.3 is 0 Å². The molecule has 0 radical (unpaired) electrons. The molecule has 0 aromatic heterocycles. The average Bonchev–Trinajstić information content (AvgIpc) is 3.49. The Labute approximate surface area is 165 Å². The van der Waals surface area contributed by atoms with Crippen molar-refractivity contribution in [1.29, 1.82) is 0 Å². The van der Waals surface area contributed by atoms with Crippen molar-refractivity contribution < 1.29 is 12.8 Å². The summed E-state index contributed by atoms with van der Waals surface area (Å²) in [5.41, 5.74) is 0.931. The minimum atomic E-state index is -3.52. The zero-order valence-corrected chi connectivity index (χ0v) is 16.6. The number of rotatable bonds is 8. The Morgan fingerprint density at radius 1 is 1.07 bits per heavy atom. The van der Waals surface area contributed by atoms with Crippen molar-refractivity contribution in [2.24, 2.45) is 4.99 Å². The predicted molar refractivity (Wildman–Crippen MR) is 108 cm³/mol. The fraction of sp³-hybridized carbons (Fsp3) is 0.350. The smallest absolute Gasteiger partial charge is 0.240 e.